The summed E-state index contributed by atoms with van der Waals surface area (Å²) in [4.78, 5) is 10.0. The highest BCUT2D eigenvalue weighted by molar-refractivity contribution is 7.89. The molecule has 2 rings (SSSR count). The molecule has 0 aliphatic carbocycles. The number of benzene rings is 1. The maximum Gasteiger partial charge on any atom is 0.270 e. The standard InChI is InChI=1S/C12H14N4O4S/c1-14(9-11-6-7-13-15(11)2)21(19,20)12-5-3-4-10(8-12)16(17)18/h3-8H,9H2,1-2H3. The number of hydrogen-bond acceptors (Lipinski definition) is 5. The van der Waals surface area contributed by atoms with Crippen molar-refractivity contribution in [3.05, 3.63) is 52.3 Å². The monoisotopic (exact) mass is 310 g/mol. The first-order chi connectivity index (χ1) is 9.82. The van der Waals surface area contributed by atoms with E-state index in [9.17, 15) is 18.5 Å². The van der Waals surface area contributed by atoms with Gasteiger partial charge in [0.2, 0.25) is 10.0 Å². The molecule has 0 atom stereocenters. The molecular weight excluding hydrogens is 296 g/mol. The van der Waals surface area contributed by atoms with E-state index < -0.39 is 14.9 Å². The van der Waals surface area contributed by atoms with E-state index in [0.717, 1.165) is 10.4 Å². The van der Waals surface area contributed by atoms with Crippen molar-refractivity contribution in [1.82, 2.24) is 14.1 Å². The van der Waals surface area contributed by atoms with Crippen LogP contribution in [0.4, 0.5) is 5.69 Å². The Hall–Kier alpha value is -2.26. The fourth-order valence-corrected chi connectivity index (χ4v) is 2.99. The van der Waals surface area contributed by atoms with Crippen molar-refractivity contribution in [2.24, 2.45) is 7.05 Å². The van der Waals surface area contributed by atoms with E-state index in [1.54, 1.807) is 24.0 Å². The van der Waals surface area contributed by atoms with Crippen LogP contribution in [0.2, 0.25) is 0 Å². The van der Waals surface area contributed by atoms with Crippen molar-refractivity contribution < 1.29 is 13.3 Å². The number of sulfonamides is 1. The van der Waals surface area contributed by atoms with Gasteiger partial charge in [-0.05, 0) is 12.1 Å². The Morgan fingerprint density at radius 2 is 2.10 bits per heavy atom. The van der Waals surface area contributed by atoms with E-state index >= 15 is 0 Å². The van der Waals surface area contributed by atoms with Gasteiger partial charge in [0.05, 0.1) is 22.1 Å². The molecule has 1 heterocycles. The summed E-state index contributed by atoms with van der Waals surface area (Å²) in [6.45, 7) is 0.127. The highest BCUT2D eigenvalue weighted by Gasteiger charge is 2.23. The SMILES string of the molecule is CN(Cc1ccnn1C)S(=O)(=O)c1cccc([N+](=O)[O-])c1. The van der Waals surface area contributed by atoms with Gasteiger partial charge in [-0.2, -0.15) is 9.40 Å². The van der Waals surface area contributed by atoms with Gasteiger partial charge in [-0.25, -0.2) is 8.42 Å². The zero-order chi connectivity index (χ0) is 15.6. The van der Waals surface area contributed by atoms with Gasteiger partial charge in [0.15, 0.2) is 0 Å². The van der Waals surface area contributed by atoms with Gasteiger partial charge in [0.25, 0.3) is 5.69 Å². The first-order valence-corrected chi connectivity index (χ1v) is 7.44. The fraction of sp³-hybridized carbons (Fsp3) is 0.250. The molecule has 0 saturated heterocycles. The number of non-ortho nitro benzene ring substituents is 1. The Labute approximate surface area is 121 Å². The van der Waals surface area contributed by atoms with Gasteiger partial charge >= 0.3 is 0 Å². The maximum atomic E-state index is 12.4. The molecule has 0 aliphatic heterocycles. The third-order valence-corrected chi connectivity index (χ3v) is 4.84. The van der Waals surface area contributed by atoms with Crippen LogP contribution < -0.4 is 0 Å². The summed E-state index contributed by atoms with van der Waals surface area (Å²) >= 11 is 0. The number of nitrogens with zero attached hydrogens (tertiary/aromatic N) is 4. The Balaban J connectivity index is 2.31. The largest absolute Gasteiger partial charge is 0.271 e. The molecule has 0 aliphatic rings. The van der Waals surface area contributed by atoms with Gasteiger partial charge in [0.1, 0.15) is 0 Å². The third kappa shape index (κ3) is 3.09. The smallest absolute Gasteiger partial charge is 0.270 e. The molecule has 0 fully saturated rings. The van der Waals surface area contributed by atoms with Crippen LogP contribution in [-0.2, 0) is 23.6 Å². The molecule has 0 N–H and O–H groups in total. The average molecular weight is 310 g/mol. The van der Waals surface area contributed by atoms with Crippen LogP contribution in [0.1, 0.15) is 5.69 Å². The van der Waals surface area contributed by atoms with Crippen LogP contribution in [0.3, 0.4) is 0 Å². The summed E-state index contributed by atoms with van der Waals surface area (Å²) in [7, 11) is -0.671. The number of hydrogen-bond donors (Lipinski definition) is 0. The first-order valence-electron chi connectivity index (χ1n) is 6.00. The lowest BCUT2D eigenvalue weighted by Gasteiger charge is -2.17. The van der Waals surface area contributed by atoms with Crippen LogP contribution in [0, 0.1) is 10.1 Å². The van der Waals surface area contributed by atoms with Crippen molar-refractivity contribution in [1.29, 1.82) is 0 Å². The molecule has 21 heavy (non-hydrogen) atoms. The van der Waals surface area contributed by atoms with Gasteiger partial charge in [0, 0.05) is 32.4 Å². The Morgan fingerprint density at radius 3 is 2.67 bits per heavy atom. The van der Waals surface area contributed by atoms with E-state index in [2.05, 4.69) is 5.10 Å². The van der Waals surface area contributed by atoms with Crippen molar-refractivity contribution in [3.8, 4) is 0 Å². The fourth-order valence-electron chi connectivity index (χ4n) is 1.81. The van der Waals surface area contributed by atoms with Crippen LogP contribution in [0.25, 0.3) is 0 Å². The zero-order valence-electron chi connectivity index (χ0n) is 11.5. The second kappa shape index (κ2) is 5.62. The van der Waals surface area contributed by atoms with E-state index in [0.29, 0.717) is 5.69 Å². The minimum absolute atomic E-state index is 0.110. The van der Waals surface area contributed by atoms with Crippen molar-refractivity contribution in [2.75, 3.05) is 7.05 Å². The summed E-state index contributed by atoms with van der Waals surface area (Å²) in [6, 6.07) is 6.69. The van der Waals surface area contributed by atoms with E-state index in [1.165, 1.54) is 25.2 Å². The molecule has 2 aromatic rings. The normalized spacial score (nSPS) is 11.8. The molecule has 0 bridgehead atoms. The zero-order valence-corrected chi connectivity index (χ0v) is 12.3. The third-order valence-electron chi connectivity index (χ3n) is 3.04. The topological polar surface area (TPSA) is 98.3 Å². The Bertz CT molecular complexity index is 769. The quantitative estimate of drug-likeness (QED) is 0.609. The summed E-state index contributed by atoms with van der Waals surface area (Å²) < 4.78 is 27.5. The van der Waals surface area contributed by atoms with E-state index in [1.807, 2.05) is 0 Å². The molecule has 0 unspecified atom stereocenters. The number of rotatable bonds is 5. The predicted octanol–water partition coefficient (Wildman–Crippen LogP) is 1.15. The first kappa shape index (κ1) is 15.1. The Morgan fingerprint density at radius 1 is 1.38 bits per heavy atom. The van der Waals surface area contributed by atoms with Gasteiger partial charge in [-0.1, -0.05) is 6.07 Å². The molecule has 0 amide bonds. The lowest BCUT2D eigenvalue weighted by Crippen LogP contribution is -2.27. The average Bonchev–Trinajstić information content (AvgIpc) is 2.84. The van der Waals surface area contributed by atoms with Crippen LogP contribution in [0.15, 0.2) is 41.4 Å². The minimum atomic E-state index is -3.80. The maximum absolute atomic E-state index is 12.4. The predicted molar refractivity (Wildman–Crippen MR) is 75.0 cm³/mol. The number of aromatic nitrogens is 2. The Kier molecular flexibility index (Phi) is 4.05. The van der Waals surface area contributed by atoms with Crippen LogP contribution in [-0.4, -0.2) is 34.5 Å². The minimum Gasteiger partial charge on any atom is -0.271 e. The number of aryl methyl sites for hydroxylation is 1. The number of nitro benzene ring substituents is 1. The highest BCUT2D eigenvalue weighted by atomic mass is 32.2. The molecular formula is C12H14N4O4S. The highest BCUT2D eigenvalue weighted by Crippen LogP contribution is 2.21. The van der Waals surface area contributed by atoms with Crippen LogP contribution in [0.5, 0.6) is 0 Å². The van der Waals surface area contributed by atoms with Crippen molar-refractivity contribution in [2.45, 2.75) is 11.4 Å². The van der Waals surface area contributed by atoms with E-state index in [4.69, 9.17) is 0 Å². The summed E-state index contributed by atoms with van der Waals surface area (Å²) in [5.74, 6) is 0. The van der Waals surface area contributed by atoms with E-state index in [-0.39, 0.29) is 17.1 Å². The molecule has 8 nitrogen and oxygen atoms in total. The lowest BCUT2D eigenvalue weighted by atomic mass is 10.3. The van der Waals surface area contributed by atoms with Gasteiger partial charge < -0.3 is 0 Å². The molecule has 0 radical (unpaired) electrons. The molecule has 112 valence electrons. The van der Waals surface area contributed by atoms with Gasteiger partial charge in [-0.15, -0.1) is 0 Å². The molecule has 9 heteroatoms. The summed E-state index contributed by atoms with van der Waals surface area (Å²) in [5.41, 5.74) is 0.455. The number of nitro groups is 1. The molecule has 0 spiro atoms. The molecule has 1 aromatic carbocycles. The molecule has 0 saturated carbocycles. The lowest BCUT2D eigenvalue weighted by molar-refractivity contribution is -0.385. The van der Waals surface area contributed by atoms with Crippen molar-refractivity contribution in [3.63, 3.8) is 0 Å². The molecule has 1 aromatic heterocycles. The van der Waals surface area contributed by atoms with Crippen molar-refractivity contribution >= 4 is 15.7 Å². The van der Waals surface area contributed by atoms with Crippen LogP contribution >= 0.6 is 0 Å². The summed E-state index contributed by atoms with van der Waals surface area (Å²) in [6.07, 6.45) is 1.57. The van der Waals surface area contributed by atoms with Gasteiger partial charge in [-0.3, -0.25) is 14.8 Å². The second-order valence-corrected chi connectivity index (χ2v) is 6.51. The second-order valence-electron chi connectivity index (χ2n) is 4.46. The summed E-state index contributed by atoms with van der Waals surface area (Å²) in [5, 5.41) is 14.7.